The number of aliphatic hydroxyl groups is 1. The van der Waals surface area contributed by atoms with Crippen LogP contribution < -0.4 is 0 Å². The molecule has 1 N–H and O–H groups in total. The van der Waals surface area contributed by atoms with Gasteiger partial charge in [0.2, 0.25) is 0 Å². The predicted octanol–water partition coefficient (Wildman–Crippen LogP) is 5.70. The van der Waals surface area contributed by atoms with E-state index < -0.39 is 0 Å². The fraction of sp³-hybridized carbons (Fsp3) is 1.00. The van der Waals surface area contributed by atoms with E-state index in [9.17, 15) is 0 Å². The lowest BCUT2D eigenvalue weighted by Crippen LogP contribution is -2.03. The zero-order valence-electron chi connectivity index (χ0n) is 13.3. The third-order valence-corrected chi connectivity index (χ3v) is 3.55. The van der Waals surface area contributed by atoms with Gasteiger partial charge in [0, 0.05) is 0 Å². The van der Waals surface area contributed by atoms with E-state index >= 15 is 0 Å². The van der Waals surface area contributed by atoms with Crippen molar-refractivity contribution in [3.63, 3.8) is 0 Å². The highest BCUT2D eigenvalue weighted by Crippen LogP contribution is 2.22. The first-order valence-corrected chi connectivity index (χ1v) is 8.10. The summed E-state index contributed by atoms with van der Waals surface area (Å²) in [5.74, 6) is 0. The zero-order valence-corrected chi connectivity index (χ0v) is 13.3. The molecule has 1 heteroatoms. The average molecular weight is 256 g/mol. The van der Waals surface area contributed by atoms with Crippen LogP contribution in [0.3, 0.4) is 0 Å². The van der Waals surface area contributed by atoms with E-state index in [0.717, 1.165) is 6.42 Å². The van der Waals surface area contributed by atoms with Crippen molar-refractivity contribution in [2.75, 3.05) is 0 Å². The van der Waals surface area contributed by atoms with Crippen LogP contribution in [-0.4, -0.2) is 11.2 Å². The molecule has 0 bridgehead atoms. The Bertz CT molecular complexity index is 167. The van der Waals surface area contributed by atoms with Crippen LogP contribution in [0, 0.1) is 5.41 Å². The molecule has 18 heavy (non-hydrogen) atoms. The quantitative estimate of drug-likeness (QED) is 0.470. The monoisotopic (exact) mass is 256 g/mol. The van der Waals surface area contributed by atoms with Crippen LogP contribution in [0.2, 0.25) is 0 Å². The number of hydrogen-bond donors (Lipinski definition) is 1. The average Bonchev–Trinajstić information content (AvgIpc) is 2.24. The van der Waals surface area contributed by atoms with E-state index in [1.807, 2.05) is 6.92 Å². The Morgan fingerprint density at radius 1 is 0.722 bits per heavy atom. The second-order valence-electron chi connectivity index (χ2n) is 7.13. The molecule has 0 heterocycles. The number of aliphatic hydroxyl groups excluding tert-OH is 1. The lowest BCUT2D eigenvalue weighted by molar-refractivity contribution is 0.180. The Morgan fingerprint density at radius 2 is 1.11 bits per heavy atom. The minimum Gasteiger partial charge on any atom is -0.393 e. The van der Waals surface area contributed by atoms with Gasteiger partial charge in [0.15, 0.2) is 0 Å². The maximum Gasteiger partial charge on any atom is 0.0512 e. The largest absolute Gasteiger partial charge is 0.393 e. The normalized spacial score (nSPS) is 13.8. The van der Waals surface area contributed by atoms with Gasteiger partial charge < -0.3 is 5.11 Å². The lowest BCUT2D eigenvalue weighted by Gasteiger charge is -2.17. The highest BCUT2D eigenvalue weighted by Gasteiger charge is 2.08. The van der Waals surface area contributed by atoms with Crippen molar-refractivity contribution in [2.45, 2.75) is 104 Å². The summed E-state index contributed by atoms with van der Waals surface area (Å²) in [6.45, 7) is 8.89. The van der Waals surface area contributed by atoms with Gasteiger partial charge in [-0.05, 0) is 25.2 Å². The molecule has 0 aromatic carbocycles. The first kappa shape index (κ1) is 18.0. The smallest absolute Gasteiger partial charge is 0.0512 e. The van der Waals surface area contributed by atoms with Crippen molar-refractivity contribution >= 4 is 0 Å². The lowest BCUT2D eigenvalue weighted by atomic mass is 9.89. The second kappa shape index (κ2) is 10.8. The first-order chi connectivity index (χ1) is 8.42. The summed E-state index contributed by atoms with van der Waals surface area (Å²) in [5, 5.41) is 9.13. The summed E-state index contributed by atoms with van der Waals surface area (Å²) < 4.78 is 0. The molecule has 0 rings (SSSR count). The summed E-state index contributed by atoms with van der Waals surface area (Å²) in [6.07, 6.45) is 14.5. The van der Waals surface area contributed by atoms with Crippen LogP contribution in [0.15, 0.2) is 0 Å². The molecule has 0 saturated heterocycles. The molecular weight excluding hydrogens is 220 g/mol. The minimum atomic E-state index is -0.104. The fourth-order valence-electron chi connectivity index (χ4n) is 2.33. The van der Waals surface area contributed by atoms with Crippen molar-refractivity contribution in [1.29, 1.82) is 0 Å². The third kappa shape index (κ3) is 16.0. The van der Waals surface area contributed by atoms with Crippen LogP contribution in [0.5, 0.6) is 0 Å². The Hall–Kier alpha value is -0.0400. The molecule has 0 aliphatic carbocycles. The molecule has 0 aliphatic rings. The van der Waals surface area contributed by atoms with E-state index in [1.54, 1.807) is 0 Å². The van der Waals surface area contributed by atoms with Crippen LogP contribution in [0.1, 0.15) is 98.3 Å². The Labute approximate surface area is 115 Å². The highest BCUT2D eigenvalue weighted by atomic mass is 16.3. The van der Waals surface area contributed by atoms with E-state index in [1.165, 1.54) is 64.2 Å². The second-order valence-corrected chi connectivity index (χ2v) is 7.13. The van der Waals surface area contributed by atoms with E-state index in [2.05, 4.69) is 20.8 Å². The van der Waals surface area contributed by atoms with E-state index in [-0.39, 0.29) is 6.10 Å². The van der Waals surface area contributed by atoms with E-state index in [4.69, 9.17) is 5.11 Å². The molecular formula is C17H36O. The molecule has 0 fully saturated rings. The standard InChI is InChI=1S/C17H36O/c1-16(18)14-12-10-8-6-5-7-9-11-13-15-17(2,3)4/h16,18H,5-15H2,1-4H3. The SMILES string of the molecule is CC(O)CCCCCCCCCCCC(C)(C)C. The molecule has 0 radical (unpaired) electrons. The maximum atomic E-state index is 9.13. The van der Waals surface area contributed by atoms with E-state index in [0.29, 0.717) is 5.41 Å². The van der Waals surface area contributed by atoms with Crippen LogP contribution in [0.25, 0.3) is 0 Å². The van der Waals surface area contributed by atoms with Crippen molar-refractivity contribution in [3.05, 3.63) is 0 Å². The van der Waals surface area contributed by atoms with Crippen molar-refractivity contribution in [1.82, 2.24) is 0 Å². The Kier molecular flexibility index (Phi) is 10.8. The maximum absolute atomic E-state index is 9.13. The number of rotatable bonds is 11. The Morgan fingerprint density at radius 3 is 1.50 bits per heavy atom. The summed E-state index contributed by atoms with van der Waals surface area (Å²) in [7, 11) is 0. The van der Waals surface area contributed by atoms with Crippen molar-refractivity contribution < 1.29 is 5.11 Å². The van der Waals surface area contributed by atoms with Gasteiger partial charge in [0.1, 0.15) is 0 Å². The molecule has 0 aliphatic heterocycles. The summed E-state index contributed by atoms with van der Waals surface area (Å²) in [5.41, 5.74) is 0.518. The van der Waals surface area contributed by atoms with Crippen molar-refractivity contribution in [3.8, 4) is 0 Å². The molecule has 0 aromatic rings. The van der Waals surface area contributed by atoms with Gasteiger partial charge in [-0.2, -0.15) is 0 Å². The van der Waals surface area contributed by atoms with Crippen LogP contribution in [0.4, 0.5) is 0 Å². The van der Waals surface area contributed by atoms with Gasteiger partial charge in [0.05, 0.1) is 6.10 Å². The molecule has 110 valence electrons. The number of hydrogen-bond acceptors (Lipinski definition) is 1. The van der Waals surface area contributed by atoms with Gasteiger partial charge in [-0.3, -0.25) is 0 Å². The molecule has 1 nitrogen and oxygen atoms in total. The molecule has 1 unspecified atom stereocenters. The van der Waals surface area contributed by atoms with Gasteiger partial charge in [-0.25, -0.2) is 0 Å². The van der Waals surface area contributed by atoms with Gasteiger partial charge in [0.25, 0.3) is 0 Å². The Balaban J connectivity index is 3.04. The summed E-state index contributed by atoms with van der Waals surface area (Å²) in [6, 6.07) is 0. The summed E-state index contributed by atoms with van der Waals surface area (Å²) in [4.78, 5) is 0. The fourth-order valence-corrected chi connectivity index (χ4v) is 2.33. The molecule has 0 amide bonds. The molecule has 1 atom stereocenters. The summed E-state index contributed by atoms with van der Waals surface area (Å²) >= 11 is 0. The van der Waals surface area contributed by atoms with Gasteiger partial charge >= 0.3 is 0 Å². The minimum absolute atomic E-state index is 0.104. The van der Waals surface area contributed by atoms with Gasteiger partial charge in [-0.1, -0.05) is 78.6 Å². The van der Waals surface area contributed by atoms with Crippen molar-refractivity contribution in [2.24, 2.45) is 5.41 Å². The zero-order chi connectivity index (χ0) is 13.9. The first-order valence-electron chi connectivity index (χ1n) is 8.10. The van der Waals surface area contributed by atoms with Gasteiger partial charge in [-0.15, -0.1) is 0 Å². The number of unbranched alkanes of at least 4 members (excludes halogenated alkanes) is 8. The molecule has 0 spiro atoms. The van der Waals surface area contributed by atoms with Crippen LogP contribution in [-0.2, 0) is 0 Å². The highest BCUT2D eigenvalue weighted by molar-refractivity contribution is 4.61. The molecule has 0 saturated carbocycles. The third-order valence-electron chi connectivity index (χ3n) is 3.55. The predicted molar refractivity (Wildman–Crippen MR) is 81.9 cm³/mol. The van der Waals surface area contributed by atoms with Crippen LogP contribution >= 0.6 is 0 Å². The molecule has 0 aromatic heterocycles. The topological polar surface area (TPSA) is 20.2 Å².